The number of rotatable bonds is 6. The second-order valence-corrected chi connectivity index (χ2v) is 4.21. The molecule has 104 valence electrons. The zero-order valence-electron chi connectivity index (χ0n) is 10.8. The molecule has 2 aromatic rings. The van der Waals surface area contributed by atoms with Crippen LogP contribution >= 0.6 is 0 Å². The lowest BCUT2D eigenvalue weighted by molar-refractivity contribution is 0.0689. The molecule has 0 amide bonds. The van der Waals surface area contributed by atoms with Crippen LogP contribution in [0.4, 0.5) is 5.82 Å². The summed E-state index contributed by atoms with van der Waals surface area (Å²) >= 11 is 0. The summed E-state index contributed by atoms with van der Waals surface area (Å²) in [6.45, 7) is 0.952. The monoisotopic (exact) mass is 273 g/mol. The van der Waals surface area contributed by atoms with Gasteiger partial charge >= 0.3 is 5.97 Å². The molecular formula is C14H15N3O3. The summed E-state index contributed by atoms with van der Waals surface area (Å²) in [4.78, 5) is 12.6. The van der Waals surface area contributed by atoms with Gasteiger partial charge in [0.2, 0.25) is 0 Å². The van der Waals surface area contributed by atoms with Gasteiger partial charge in [0.05, 0.1) is 6.61 Å². The lowest BCUT2D eigenvalue weighted by Crippen LogP contribution is -2.27. The van der Waals surface area contributed by atoms with Gasteiger partial charge in [-0.25, -0.2) is 4.79 Å². The van der Waals surface area contributed by atoms with Gasteiger partial charge in [0.25, 0.3) is 0 Å². The number of carbonyl (C=O) groups is 1. The number of carboxylic acids is 1. The third-order valence-corrected chi connectivity index (χ3v) is 2.78. The van der Waals surface area contributed by atoms with Crippen LogP contribution in [0, 0.1) is 0 Å². The molecular weight excluding hydrogens is 258 g/mol. The van der Waals surface area contributed by atoms with Crippen molar-refractivity contribution in [2.24, 2.45) is 0 Å². The Bertz CT molecular complexity index is 558. The van der Waals surface area contributed by atoms with E-state index in [9.17, 15) is 4.79 Å². The molecule has 1 heterocycles. The summed E-state index contributed by atoms with van der Waals surface area (Å²) in [5, 5.41) is 25.5. The summed E-state index contributed by atoms with van der Waals surface area (Å²) in [6.07, 6.45) is 0. The number of carboxylic acid groups (broad SMARTS) is 1. The van der Waals surface area contributed by atoms with Crippen molar-refractivity contribution in [2.45, 2.75) is 6.54 Å². The molecule has 0 aliphatic carbocycles. The van der Waals surface area contributed by atoms with Crippen molar-refractivity contribution in [1.82, 2.24) is 10.2 Å². The Morgan fingerprint density at radius 2 is 1.85 bits per heavy atom. The predicted molar refractivity (Wildman–Crippen MR) is 73.6 cm³/mol. The first-order valence-electron chi connectivity index (χ1n) is 6.17. The van der Waals surface area contributed by atoms with Gasteiger partial charge in [0.1, 0.15) is 0 Å². The fourth-order valence-corrected chi connectivity index (χ4v) is 1.81. The molecule has 0 radical (unpaired) electrons. The van der Waals surface area contributed by atoms with E-state index in [1.807, 2.05) is 35.2 Å². The van der Waals surface area contributed by atoms with Gasteiger partial charge in [-0.3, -0.25) is 0 Å². The van der Waals surface area contributed by atoms with Crippen molar-refractivity contribution in [2.75, 3.05) is 18.1 Å². The lowest BCUT2D eigenvalue weighted by Gasteiger charge is -2.22. The van der Waals surface area contributed by atoms with E-state index in [4.69, 9.17) is 10.2 Å². The van der Waals surface area contributed by atoms with Crippen LogP contribution < -0.4 is 4.90 Å². The molecule has 0 spiro atoms. The summed E-state index contributed by atoms with van der Waals surface area (Å²) in [5.41, 5.74) is 0.975. The quantitative estimate of drug-likeness (QED) is 0.821. The average Bonchev–Trinajstić information content (AvgIpc) is 2.48. The molecule has 0 atom stereocenters. The first kappa shape index (κ1) is 14.0. The fourth-order valence-electron chi connectivity index (χ4n) is 1.81. The second-order valence-electron chi connectivity index (χ2n) is 4.21. The van der Waals surface area contributed by atoms with E-state index in [2.05, 4.69) is 10.2 Å². The predicted octanol–water partition coefficient (Wildman–Crippen LogP) is 1.17. The van der Waals surface area contributed by atoms with Crippen LogP contribution in [0.5, 0.6) is 0 Å². The lowest BCUT2D eigenvalue weighted by atomic mass is 10.2. The van der Waals surface area contributed by atoms with Gasteiger partial charge in [-0.15, -0.1) is 10.2 Å². The summed E-state index contributed by atoms with van der Waals surface area (Å²) in [6, 6.07) is 12.8. The van der Waals surface area contributed by atoms with Gasteiger partial charge in [0.15, 0.2) is 11.5 Å². The number of benzene rings is 1. The largest absolute Gasteiger partial charge is 0.476 e. The van der Waals surface area contributed by atoms with Crippen LogP contribution in [0.25, 0.3) is 0 Å². The van der Waals surface area contributed by atoms with Crippen LogP contribution in [0.15, 0.2) is 42.5 Å². The Hall–Kier alpha value is -2.47. The Labute approximate surface area is 116 Å². The first-order chi connectivity index (χ1) is 9.70. The third-order valence-electron chi connectivity index (χ3n) is 2.78. The number of hydrogen-bond donors (Lipinski definition) is 2. The van der Waals surface area contributed by atoms with E-state index in [1.54, 1.807) is 6.07 Å². The van der Waals surface area contributed by atoms with Crippen molar-refractivity contribution < 1.29 is 15.0 Å². The number of aliphatic hydroxyl groups is 1. The average molecular weight is 273 g/mol. The number of aliphatic hydroxyl groups excluding tert-OH is 1. The zero-order chi connectivity index (χ0) is 14.4. The highest BCUT2D eigenvalue weighted by atomic mass is 16.4. The van der Waals surface area contributed by atoms with Gasteiger partial charge < -0.3 is 15.1 Å². The minimum atomic E-state index is -1.11. The van der Waals surface area contributed by atoms with Gasteiger partial charge in [-0.1, -0.05) is 30.3 Å². The molecule has 1 aromatic heterocycles. The number of nitrogens with zero attached hydrogens (tertiary/aromatic N) is 3. The van der Waals surface area contributed by atoms with E-state index >= 15 is 0 Å². The maximum atomic E-state index is 10.7. The Balaban J connectivity index is 2.17. The van der Waals surface area contributed by atoms with E-state index in [0.717, 1.165) is 5.56 Å². The zero-order valence-corrected chi connectivity index (χ0v) is 10.8. The molecule has 0 saturated carbocycles. The molecule has 2 rings (SSSR count). The fraction of sp³-hybridized carbons (Fsp3) is 0.214. The van der Waals surface area contributed by atoms with Crippen molar-refractivity contribution >= 4 is 11.8 Å². The van der Waals surface area contributed by atoms with Gasteiger partial charge in [0, 0.05) is 13.1 Å². The highest BCUT2D eigenvalue weighted by molar-refractivity contribution is 5.85. The number of aromatic carboxylic acids is 1. The molecule has 2 N–H and O–H groups in total. The minimum absolute atomic E-state index is 0.0187. The minimum Gasteiger partial charge on any atom is -0.476 e. The topological polar surface area (TPSA) is 86.5 Å². The van der Waals surface area contributed by atoms with E-state index in [0.29, 0.717) is 18.9 Å². The molecule has 1 aromatic carbocycles. The SMILES string of the molecule is O=C(O)c1ccc(N(CCO)Cc2ccccc2)nn1. The third kappa shape index (κ3) is 3.52. The van der Waals surface area contributed by atoms with Crippen molar-refractivity contribution in [3.05, 3.63) is 53.7 Å². The molecule has 0 aliphatic rings. The highest BCUT2D eigenvalue weighted by Crippen LogP contribution is 2.13. The van der Waals surface area contributed by atoms with Gasteiger partial charge in [-0.05, 0) is 17.7 Å². The molecule has 20 heavy (non-hydrogen) atoms. The molecule has 0 fully saturated rings. The van der Waals surface area contributed by atoms with E-state index < -0.39 is 5.97 Å². The number of aromatic nitrogens is 2. The van der Waals surface area contributed by atoms with E-state index in [-0.39, 0.29) is 12.3 Å². The van der Waals surface area contributed by atoms with Crippen LogP contribution in [-0.4, -0.2) is 39.5 Å². The molecule has 0 saturated heterocycles. The van der Waals surface area contributed by atoms with Crippen molar-refractivity contribution in [3.63, 3.8) is 0 Å². The van der Waals surface area contributed by atoms with Crippen LogP contribution in [-0.2, 0) is 6.54 Å². The normalized spacial score (nSPS) is 10.2. The summed E-state index contributed by atoms with van der Waals surface area (Å²) in [7, 11) is 0. The summed E-state index contributed by atoms with van der Waals surface area (Å²) < 4.78 is 0. The Morgan fingerprint density at radius 3 is 2.40 bits per heavy atom. The standard InChI is InChI=1S/C14H15N3O3/c18-9-8-17(10-11-4-2-1-3-5-11)13-7-6-12(14(19)20)15-16-13/h1-7,18H,8-10H2,(H,19,20). The van der Waals surface area contributed by atoms with Crippen LogP contribution in [0.1, 0.15) is 16.1 Å². The Morgan fingerprint density at radius 1 is 1.10 bits per heavy atom. The maximum Gasteiger partial charge on any atom is 0.356 e. The van der Waals surface area contributed by atoms with Crippen molar-refractivity contribution in [1.29, 1.82) is 0 Å². The molecule has 6 heteroatoms. The summed E-state index contributed by atoms with van der Waals surface area (Å²) in [5.74, 6) is -0.575. The van der Waals surface area contributed by atoms with Gasteiger partial charge in [-0.2, -0.15) is 0 Å². The smallest absolute Gasteiger partial charge is 0.356 e. The second kappa shape index (κ2) is 6.63. The van der Waals surface area contributed by atoms with Crippen LogP contribution in [0.3, 0.4) is 0 Å². The molecule has 0 bridgehead atoms. The van der Waals surface area contributed by atoms with Crippen LogP contribution in [0.2, 0.25) is 0 Å². The molecule has 6 nitrogen and oxygen atoms in total. The molecule has 0 unspecified atom stereocenters. The number of anilines is 1. The van der Waals surface area contributed by atoms with E-state index in [1.165, 1.54) is 6.07 Å². The Kier molecular flexibility index (Phi) is 4.62. The molecule has 0 aliphatic heterocycles. The first-order valence-corrected chi connectivity index (χ1v) is 6.17. The van der Waals surface area contributed by atoms with Crippen molar-refractivity contribution in [3.8, 4) is 0 Å². The number of hydrogen-bond acceptors (Lipinski definition) is 5. The highest BCUT2D eigenvalue weighted by Gasteiger charge is 2.11. The maximum absolute atomic E-state index is 10.7.